The van der Waals surface area contributed by atoms with Gasteiger partial charge in [-0.15, -0.1) is 11.3 Å². The topological polar surface area (TPSA) is 81.2 Å². The highest BCUT2D eigenvalue weighted by molar-refractivity contribution is 8.00. The number of thioether (sulfide) groups is 1. The Bertz CT molecular complexity index is 1220. The number of para-hydroxylation sites is 1. The Balaban J connectivity index is 0.000000216. The molecule has 2 aliphatic heterocycles. The molecule has 0 fully saturated rings. The molecule has 2 unspecified atom stereocenters. The van der Waals surface area contributed by atoms with Crippen LogP contribution < -0.4 is 15.8 Å². The highest BCUT2D eigenvalue weighted by Gasteiger charge is 2.31. The third kappa shape index (κ3) is 9.50. The summed E-state index contributed by atoms with van der Waals surface area (Å²) in [6, 6.07) is 18.7. The first kappa shape index (κ1) is 30.4. The van der Waals surface area contributed by atoms with Crippen LogP contribution in [0.4, 0.5) is 13.2 Å². The Kier molecular flexibility index (Phi) is 11.5. The van der Waals surface area contributed by atoms with Gasteiger partial charge in [0.05, 0.1) is 13.1 Å². The molecular formula is C28H33F3N4O2S2. The van der Waals surface area contributed by atoms with Crippen LogP contribution in [0, 0.1) is 0 Å². The van der Waals surface area contributed by atoms with Gasteiger partial charge in [-0.1, -0.05) is 50.2 Å². The van der Waals surface area contributed by atoms with Crippen molar-refractivity contribution in [3.05, 3.63) is 71.6 Å². The van der Waals surface area contributed by atoms with Gasteiger partial charge in [-0.25, -0.2) is 4.99 Å². The van der Waals surface area contributed by atoms with Crippen molar-refractivity contribution in [3.8, 4) is 16.2 Å². The molecule has 5 rings (SSSR count). The lowest BCUT2D eigenvalue weighted by atomic mass is 10.0. The van der Waals surface area contributed by atoms with Gasteiger partial charge < -0.3 is 20.5 Å². The molecule has 0 spiro atoms. The van der Waals surface area contributed by atoms with E-state index in [4.69, 9.17) is 15.2 Å². The lowest BCUT2D eigenvalue weighted by molar-refractivity contribution is -0.0328. The summed E-state index contributed by atoms with van der Waals surface area (Å²) < 4.78 is 49.5. The standard InChI is InChI=1S/C15H13F3N2S2.C11H14N2O2.C2H6/c16-15(17,18)22-12-4-1-3-10(9-13-19-6-7-20-13)14(12)11-5-2-8-21-11;1-8(10-7-13-11(12)15-10)14-9-5-3-2-4-6-9;1-2/h1-5,8H,6-7,9H2,(H,19,20);2-6,8,10H,7H2,1H3,(H2,12,13);1-2H3. The predicted octanol–water partition coefficient (Wildman–Crippen LogP) is 6.76. The van der Waals surface area contributed by atoms with Gasteiger partial charge in [0.15, 0.2) is 6.10 Å². The zero-order valence-corrected chi connectivity index (χ0v) is 23.7. The van der Waals surface area contributed by atoms with E-state index in [1.54, 1.807) is 6.07 Å². The molecule has 0 radical (unpaired) electrons. The first-order chi connectivity index (χ1) is 18.8. The number of benzene rings is 2. The Morgan fingerprint density at radius 2 is 1.87 bits per heavy atom. The smallest absolute Gasteiger partial charge is 0.446 e. The third-order valence-corrected chi connectivity index (χ3v) is 7.17. The van der Waals surface area contributed by atoms with Gasteiger partial charge in [0.1, 0.15) is 17.7 Å². The van der Waals surface area contributed by atoms with Gasteiger partial charge in [0, 0.05) is 28.3 Å². The quantitative estimate of drug-likeness (QED) is 0.303. The van der Waals surface area contributed by atoms with Gasteiger partial charge in [0.25, 0.3) is 6.02 Å². The fourth-order valence-corrected chi connectivity index (χ4v) is 5.45. The Morgan fingerprint density at radius 1 is 1.10 bits per heavy atom. The predicted molar refractivity (Wildman–Crippen MR) is 155 cm³/mol. The van der Waals surface area contributed by atoms with E-state index in [0.717, 1.165) is 35.1 Å². The number of nitrogens with one attached hydrogen (secondary N) is 1. The number of thiophene rings is 1. The van der Waals surface area contributed by atoms with Crippen molar-refractivity contribution < 1.29 is 22.6 Å². The maximum absolute atomic E-state index is 12.8. The first-order valence-corrected chi connectivity index (χ1v) is 14.3. The molecule has 11 heteroatoms. The lowest BCUT2D eigenvalue weighted by Gasteiger charge is -2.19. The maximum Gasteiger partial charge on any atom is 0.446 e. The van der Waals surface area contributed by atoms with Crippen molar-refractivity contribution in [1.29, 1.82) is 0 Å². The molecule has 3 N–H and O–H groups in total. The molecule has 0 saturated heterocycles. The van der Waals surface area contributed by atoms with E-state index in [-0.39, 0.29) is 34.9 Å². The van der Waals surface area contributed by atoms with E-state index in [0.29, 0.717) is 18.5 Å². The minimum Gasteiger partial charge on any atom is -0.487 e. The minimum absolute atomic E-state index is 0.0559. The highest BCUT2D eigenvalue weighted by atomic mass is 32.2. The monoisotopic (exact) mass is 578 g/mol. The molecule has 2 aromatic carbocycles. The molecule has 2 atom stereocenters. The number of amidine groups is 2. The average molecular weight is 579 g/mol. The molecule has 3 aromatic rings. The number of rotatable bonds is 7. The van der Waals surface area contributed by atoms with Crippen LogP contribution in [0.3, 0.4) is 0 Å². The van der Waals surface area contributed by atoms with Crippen LogP contribution in [0.2, 0.25) is 0 Å². The molecule has 3 heterocycles. The van der Waals surface area contributed by atoms with Gasteiger partial charge in [-0.3, -0.25) is 4.99 Å². The van der Waals surface area contributed by atoms with Crippen LogP contribution in [0.15, 0.2) is 80.9 Å². The summed E-state index contributed by atoms with van der Waals surface area (Å²) in [6.45, 7) is 8.03. The summed E-state index contributed by atoms with van der Waals surface area (Å²) in [5, 5.41) is 5.04. The number of hydrogen-bond donors (Lipinski definition) is 2. The van der Waals surface area contributed by atoms with E-state index in [1.807, 2.05) is 74.7 Å². The van der Waals surface area contributed by atoms with Crippen LogP contribution in [0.1, 0.15) is 26.3 Å². The van der Waals surface area contributed by atoms with E-state index >= 15 is 0 Å². The second-order valence-corrected chi connectivity index (χ2v) is 10.3. The maximum atomic E-state index is 12.8. The van der Waals surface area contributed by atoms with Crippen molar-refractivity contribution in [2.45, 2.75) is 49.8 Å². The molecule has 0 aliphatic carbocycles. The molecule has 0 amide bonds. The van der Waals surface area contributed by atoms with Crippen LogP contribution in [-0.4, -0.2) is 49.2 Å². The number of alkyl halides is 3. The second-order valence-electron chi connectivity index (χ2n) is 8.22. The molecule has 2 aliphatic rings. The third-order valence-electron chi connectivity index (χ3n) is 5.50. The summed E-state index contributed by atoms with van der Waals surface area (Å²) in [6.07, 6.45) is 0.391. The van der Waals surface area contributed by atoms with Crippen LogP contribution in [-0.2, 0) is 11.2 Å². The molecule has 39 heavy (non-hydrogen) atoms. The number of hydrogen-bond acceptors (Lipinski definition) is 8. The largest absolute Gasteiger partial charge is 0.487 e. The van der Waals surface area contributed by atoms with Crippen molar-refractivity contribution in [1.82, 2.24) is 5.32 Å². The van der Waals surface area contributed by atoms with Gasteiger partial charge >= 0.3 is 5.51 Å². The summed E-state index contributed by atoms with van der Waals surface area (Å²) in [4.78, 5) is 9.40. The molecule has 210 valence electrons. The minimum atomic E-state index is -4.30. The van der Waals surface area contributed by atoms with E-state index < -0.39 is 5.51 Å². The highest BCUT2D eigenvalue weighted by Crippen LogP contribution is 2.44. The average Bonchev–Trinajstić information content (AvgIpc) is 3.70. The Hall–Kier alpha value is -3.18. The molecule has 0 bridgehead atoms. The number of nitrogens with two attached hydrogens (primary N) is 1. The normalized spacial score (nSPS) is 16.8. The first-order valence-electron chi connectivity index (χ1n) is 12.7. The van der Waals surface area contributed by atoms with E-state index in [2.05, 4.69) is 15.3 Å². The summed E-state index contributed by atoms with van der Waals surface area (Å²) in [5.74, 6) is 1.67. The number of nitrogens with zero attached hydrogens (tertiary/aromatic N) is 2. The van der Waals surface area contributed by atoms with Crippen LogP contribution >= 0.6 is 23.1 Å². The van der Waals surface area contributed by atoms with E-state index in [1.165, 1.54) is 17.4 Å². The Labute approximate surface area is 235 Å². The molecule has 1 aromatic heterocycles. The molecule has 6 nitrogen and oxygen atoms in total. The van der Waals surface area contributed by atoms with Crippen LogP contribution in [0.25, 0.3) is 10.4 Å². The Morgan fingerprint density at radius 3 is 2.46 bits per heavy atom. The molecule has 0 saturated carbocycles. The summed E-state index contributed by atoms with van der Waals surface area (Å²) in [5.41, 5.74) is 2.66. The van der Waals surface area contributed by atoms with Crippen molar-refractivity contribution in [3.63, 3.8) is 0 Å². The zero-order valence-electron chi connectivity index (χ0n) is 22.1. The van der Waals surface area contributed by atoms with Crippen molar-refractivity contribution in [2.75, 3.05) is 19.6 Å². The lowest BCUT2D eigenvalue weighted by Crippen LogP contribution is -2.33. The zero-order chi connectivity index (χ0) is 28.3. The number of ether oxygens (including phenoxy) is 2. The van der Waals surface area contributed by atoms with Crippen molar-refractivity contribution >= 4 is 35.0 Å². The van der Waals surface area contributed by atoms with Crippen molar-refractivity contribution in [2.24, 2.45) is 15.7 Å². The fourth-order valence-electron chi connectivity index (χ4n) is 3.82. The number of aliphatic imine (C=N–C) groups is 2. The number of halogens is 3. The fraction of sp³-hybridized carbons (Fsp3) is 0.357. The molecular weight excluding hydrogens is 545 g/mol. The SMILES string of the molecule is CC.CC(Oc1ccccc1)C1CN=C(N)O1.FC(F)(F)Sc1cccc(CC2=NCCN2)c1-c1cccs1. The summed E-state index contributed by atoms with van der Waals surface area (Å²) >= 11 is 1.39. The second kappa shape index (κ2) is 14.8. The van der Waals surface area contributed by atoms with Gasteiger partial charge in [-0.2, -0.15) is 13.2 Å². The summed E-state index contributed by atoms with van der Waals surface area (Å²) in [7, 11) is 0. The van der Waals surface area contributed by atoms with E-state index in [9.17, 15) is 13.2 Å². The van der Waals surface area contributed by atoms with Crippen LogP contribution in [0.5, 0.6) is 5.75 Å². The van der Waals surface area contributed by atoms with Gasteiger partial charge in [-0.05, 0) is 53.9 Å². The van der Waals surface area contributed by atoms with Gasteiger partial charge in [0.2, 0.25) is 0 Å².